The average Bonchev–Trinajstić information content (AvgIpc) is 2.77. The summed E-state index contributed by atoms with van der Waals surface area (Å²) in [4.78, 5) is 1.51. The van der Waals surface area contributed by atoms with E-state index in [0.29, 0.717) is 12.4 Å². The van der Waals surface area contributed by atoms with Crippen LogP contribution in [0.4, 0.5) is 0 Å². The molecule has 5 nitrogen and oxygen atoms in total. The van der Waals surface area contributed by atoms with Gasteiger partial charge in [-0.05, 0) is 25.0 Å². The smallest absolute Gasteiger partial charge is 0.194 e. The highest BCUT2D eigenvalue weighted by Crippen LogP contribution is 2.45. The molecule has 0 saturated heterocycles. The summed E-state index contributed by atoms with van der Waals surface area (Å²) in [6.07, 6.45) is 1.75. The summed E-state index contributed by atoms with van der Waals surface area (Å²) in [5.74, 6) is 0.590. The quantitative estimate of drug-likeness (QED) is 0.626. The number of nitrogens with zero attached hydrogens (tertiary/aromatic N) is 5. The van der Waals surface area contributed by atoms with E-state index in [1.165, 1.54) is 4.80 Å². The van der Waals surface area contributed by atoms with E-state index in [1.54, 1.807) is 0 Å². The molecule has 1 aromatic rings. The summed E-state index contributed by atoms with van der Waals surface area (Å²) in [7, 11) is 0. The average molecular weight is 163 g/mol. The van der Waals surface area contributed by atoms with Crippen molar-refractivity contribution in [3.63, 3.8) is 0 Å². The molecule has 2 rings (SSSR count). The molecule has 62 valence electrons. The molecule has 12 heavy (non-hydrogen) atoms. The number of hydrogen-bond acceptors (Lipinski definition) is 4. The van der Waals surface area contributed by atoms with Gasteiger partial charge in [-0.2, -0.15) is 10.1 Å². The molecule has 0 atom stereocenters. The van der Waals surface area contributed by atoms with Crippen LogP contribution in [0.3, 0.4) is 0 Å². The zero-order valence-corrected chi connectivity index (χ0v) is 6.86. The lowest BCUT2D eigenvalue weighted by molar-refractivity contribution is 0.549. The standard InChI is InChI=1S/C7H9N5/c1-2-12-10-6(9-11-12)7(5-8)3-4-7/h2-4H2,1H3. The van der Waals surface area contributed by atoms with Crippen molar-refractivity contribution in [3.8, 4) is 6.07 Å². The largest absolute Gasteiger partial charge is 0.197 e. The first-order valence-electron chi connectivity index (χ1n) is 4.00. The van der Waals surface area contributed by atoms with Crippen LogP contribution in [0.5, 0.6) is 0 Å². The second-order valence-corrected chi connectivity index (χ2v) is 3.00. The van der Waals surface area contributed by atoms with Gasteiger partial charge in [0, 0.05) is 0 Å². The second-order valence-electron chi connectivity index (χ2n) is 3.00. The molecule has 0 aliphatic heterocycles. The second kappa shape index (κ2) is 2.27. The SMILES string of the molecule is CCn1nnc(C2(C#N)CC2)n1. The molecule has 1 fully saturated rings. The molecule has 0 aromatic carbocycles. The van der Waals surface area contributed by atoms with E-state index >= 15 is 0 Å². The molecule has 1 aromatic heterocycles. The van der Waals surface area contributed by atoms with Crippen LogP contribution in [0.2, 0.25) is 0 Å². The van der Waals surface area contributed by atoms with E-state index in [1.807, 2.05) is 6.92 Å². The number of aromatic nitrogens is 4. The number of tetrazole rings is 1. The Morgan fingerprint density at radius 3 is 2.83 bits per heavy atom. The van der Waals surface area contributed by atoms with Crippen molar-refractivity contribution in [2.24, 2.45) is 0 Å². The third-order valence-electron chi connectivity index (χ3n) is 2.13. The van der Waals surface area contributed by atoms with Crippen molar-refractivity contribution in [1.82, 2.24) is 20.2 Å². The van der Waals surface area contributed by atoms with Gasteiger partial charge in [-0.3, -0.25) is 0 Å². The van der Waals surface area contributed by atoms with Crippen LogP contribution in [-0.2, 0) is 12.0 Å². The van der Waals surface area contributed by atoms with Crippen molar-refractivity contribution < 1.29 is 0 Å². The fraction of sp³-hybridized carbons (Fsp3) is 0.714. The van der Waals surface area contributed by atoms with Gasteiger partial charge in [0.1, 0.15) is 5.41 Å². The van der Waals surface area contributed by atoms with Crippen LogP contribution in [0.15, 0.2) is 0 Å². The molecule has 0 radical (unpaired) electrons. The highest BCUT2D eigenvalue weighted by Gasteiger charge is 2.49. The van der Waals surface area contributed by atoms with Gasteiger partial charge in [-0.1, -0.05) is 0 Å². The van der Waals surface area contributed by atoms with Crippen LogP contribution in [0, 0.1) is 11.3 Å². The highest BCUT2D eigenvalue weighted by molar-refractivity contribution is 5.27. The summed E-state index contributed by atoms with van der Waals surface area (Å²) in [6.45, 7) is 2.64. The molecule has 0 N–H and O–H groups in total. The lowest BCUT2D eigenvalue weighted by atomic mass is 10.1. The Kier molecular flexibility index (Phi) is 1.37. The summed E-state index contributed by atoms with van der Waals surface area (Å²) < 4.78 is 0. The molecule has 1 saturated carbocycles. The van der Waals surface area contributed by atoms with Crippen molar-refractivity contribution in [1.29, 1.82) is 5.26 Å². The van der Waals surface area contributed by atoms with Crippen molar-refractivity contribution in [2.75, 3.05) is 0 Å². The van der Waals surface area contributed by atoms with E-state index in [0.717, 1.165) is 12.8 Å². The van der Waals surface area contributed by atoms with Gasteiger partial charge in [0.2, 0.25) is 0 Å². The molecule has 5 heteroatoms. The van der Waals surface area contributed by atoms with Crippen LogP contribution in [0.1, 0.15) is 25.6 Å². The van der Waals surface area contributed by atoms with Crippen LogP contribution < -0.4 is 0 Å². The van der Waals surface area contributed by atoms with Gasteiger partial charge in [0.25, 0.3) is 0 Å². The normalized spacial score (nSPS) is 18.7. The molecular formula is C7H9N5. The third kappa shape index (κ3) is 0.881. The number of aryl methyl sites for hydroxylation is 1. The van der Waals surface area contributed by atoms with Crippen molar-refractivity contribution in [3.05, 3.63) is 5.82 Å². The Morgan fingerprint density at radius 2 is 2.42 bits per heavy atom. The van der Waals surface area contributed by atoms with E-state index in [-0.39, 0.29) is 0 Å². The topological polar surface area (TPSA) is 67.4 Å². The van der Waals surface area contributed by atoms with Gasteiger partial charge < -0.3 is 0 Å². The predicted molar refractivity (Wildman–Crippen MR) is 40.0 cm³/mol. The fourth-order valence-electron chi connectivity index (χ4n) is 1.08. The zero-order chi connectivity index (χ0) is 8.60. The van der Waals surface area contributed by atoms with Gasteiger partial charge in [0.15, 0.2) is 5.82 Å². The van der Waals surface area contributed by atoms with E-state index in [4.69, 9.17) is 5.26 Å². The van der Waals surface area contributed by atoms with Crippen molar-refractivity contribution >= 4 is 0 Å². The Labute approximate surface area is 70.0 Å². The molecular weight excluding hydrogens is 154 g/mol. The van der Waals surface area contributed by atoms with E-state index in [9.17, 15) is 0 Å². The lowest BCUT2D eigenvalue weighted by Gasteiger charge is -1.94. The maximum Gasteiger partial charge on any atom is 0.194 e. The van der Waals surface area contributed by atoms with E-state index < -0.39 is 5.41 Å². The molecule has 0 amide bonds. The van der Waals surface area contributed by atoms with Gasteiger partial charge in [-0.25, -0.2) is 0 Å². The van der Waals surface area contributed by atoms with E-state index in [2.05, 4.69) is 21.5 Å². The summed E-state index contributed by atoms with van der Waals surface area (Å²) in [5.41, 5.74) is -0.395. The molecule has 0 spiro atoms. The highest BCUT2D eigenvalue weighted by atomic mass is 15.6. The first kappa shape index (κ1) is 7.22. The van der Waals surface area contributed by atoms with Gasteiger partial charge in [-0.15, -0.1) is 10.2 Å². The molecule has 1 aliphatic rings. The minimum absolute atomic E-state index is 0.395. The maximum atomic E-state index is 8.82. The Hall–Kier alpha value is -1.44. The molecule has 0 unspecified atom stereocenters. The third-order valence-corrected chi connectivity index (χ3v) is 2.13. The van der Waals surface area contributed by atoms with Gasteiger partial charge >= 0.3 is 0 Å². The number of rotatable bonds is 2. The summed E-state index contributed by atoms with van der Waals surface area (Å²) in [6, 6.07) is 2.23. The van der Waals surface area contributed by atoms with Crippen LogP contribution in [-0.4, -0.2) is 20.2 Å². The van der Waals surface area contributed by atoms with Crippen LogP contribution in [0.25, 0.3) is 0 Å². The fourth-order valence-corrected chi connectivity index (χ4v) is 1.08. The minimum atomic E-state index is -0.395. The first-order chi connectivity index (χ1) is 5.80. The Bertz CT molecular complexity index is 330. The molecule has 0 bridgehead atoms. The maximum absolute atomic E-state index is 8.82. The minimum Gasteiger partial charge on any atom is -0.197 e. The van der Waals surface area contributed by atoms with Crippen molar-refractivity contribution in [2.45, 2.75) is 31.7 Å². The number of hydrogen-bond donors (Lipinski definition) is 0. The zero-order valence-electron chi connectivity index (χ0n) is 6.86. The monoisotopic (exact) mass is 163 g/mol. The van der Waals surface area contributed by atoms with Gasteiger partial charge in [0.05, 0.1) is 12.6 Å². The number of nitriles is 1. The molecule has 1 heterocycles. The predicted octanol–water partition coefficient (Wildman–Crippen LogP) is 0.248. The Morgan fingerprint density at radius 1 is 1.67 bits per heavy atom. The summed E-state index contributed by atoms with van der Waals surface area (Å²) in [5, 5.41) is 20.6. The Balaban J connectivity index is 2.30. The summed E-state index contributed by atoms with van der Waals surface area (Å²) >= 11 is 0. The molecule has 1 aliphatic carbocycles. The first-order valence-corrected chi connectivity index (χ1v) is 4.00. The van der Waals surface area contributed by atoms with Crippen LogP contribution >= 0.6 is 0 Å². The lowest BCUT2D eigenvalue weighted by Crippen LogP contribution is -2.06.